The lowest BCUT2D eigenvalue weighted by Crippen LogP contribution is -2.15. The first kappa shape index (κ1) is 21.5. The number of ketones is 1. The number of benzene rings is 2. The van der Waals surface area contributed by atoms with Gasteiger partial charge in [0.1, 0.15) is 11.5 Å². The number of methoxy groups -OCH3 is 1. The van der Waals surface area contributed by atoms with Crippen molar-refractivity contribution in [3.05, 3.63) is 76.4 Å². The highest BCUT2D eigenvalue weighted by Crippen LogP contribution is 2.36. The molecular weight excluding hydrogens is 348 g/mol. The van der Waals surface area contributed by atoms with E-state index in [0.29, 0.717) is 5.56 Å². The third kappa shape index (κ3) is 5.35. The summed E-state index contributed by atoms with van der Waals surface area (Å²) in [4.78, 5) is 12.4. The SMILES string of the molecule is COc1c(/C=C/C(=O)c2ccc(O)cc2)ccc(C(C)(C)C)c1CC=C(C)C. The second-order valence-corrected chi connectivity index (χ2v) is 8.19. The van der Waals surface area contributed by atoms with E-state index in [4.69, 9.17) is 4.74 Å². The molecule has 0 saturated carbocycles. The average Bonchev–Trinajstić information content (AvgIpc) is 2.63. The monoisotopic (exact) mass is 378 g/mol. The fourth-order valence-corrected chi connectivity index (χ4v) is 3.12. The molecule has 0 aliphatic carbocycles. The molecule has 0 heterocycles. The van der Waals surface area contributed by atoms with E-state index in [1.54, 1.807) is 31.4 Å². The fraction of sp³-hybridized carbons (Fsp3) is 0.320. The van der Waals surface area contributed by atoms with Crippen molar-refractivity contribution in [1.82, 2.24) is 0 Å². The molecule has 0 unspecified atom stereocenters. The molecule has 3 heteroatoms. The number of rotatable bonds is 6. The molecule has 148 valence electrons. The molecule has 1 N–H and O–H groups in total. The van der Waals surface area contributed by atoms with E-state index in [-0.39, 0.29) is 16.9 Å². The molecule has 0 radical (unpaired) electrons. The van der Waals surface area contributed by atoms with Crippen LogP contribution < -0.4 is 4.74 Å². The van der Waals surface area contributed by atoms with Gasteiger partial charge in [0.2, 0.25) is 0 Å². The molecule has 0 aliphatic heterocycles. The lowest BCUT2D eigenvalue weighted by atomic mass is 9.81. The van der Waals surface area contributed by atoms with Crippen LogP contribution in [-0.4, -0.2) is 18.0 Å². The van der Waals surface area contributed by atoms with Crippen LogP contribution in [0.3, 0.4) is 0 Å². The molecule has 0 aromatic heterocycles. The molecule has 2 rings (SSSR count). The smallest absolute Gasteiger partial charge is 0.185 e. The summed E-state index contributed by atoms with van der Waals surface area (Å²) in [6.45, 7) is 10.7. The van der Waals surface area contributed by atoms with Crippen LogP contribution in [0.15, 0.2) is 54.1 Å². The number of carbonyl (C=O) groups is 1. The number of allylic oxidation sites excluding steroid dienone is 3. The molecular formula is C25H30O3. The predicted molar refractivity (Wildman–Crippen MR) is 116 cm³/mol. The average molecular weight is 379 g/mol. The van der Waals surface area contributed by atoms with Crippen molar-refractivity contribution in [2.45, 2.75) is 46.5 Å². The van der Waals surface area contributed by atoms with Gasteiger partial charge in [-0.2, -0.15) is 0 Å². The second kappa shape index (κ2) is 8.92. The summed E-state index contributed by atoms with van der Waals surface area (Å²) in [6, 6.07) is 10.4. The maximum absolute atomic E-state index is 12.4. The summed E-state index contributed by atoms with van der Waals surface area (Å²) in [5.41, 5.74) is 5.04. The van der Waals surface area contributed by atoms with Crippen molar-refractivity contribution in [2.24, 2.45) is 0 Å². The largest absolute Gasteiger partial charge is 0.508 e. The van der Waals surface area contributed by atoms with Crippen LogP contribution in [0.2, 0.25) is 0 Å². The van der Waals surface area contributed by atoms with Crippen LogP contribution in [0.25, 0.3) is 6.08 Å². The predicted octanol–water partition coefficient (Wildman–Crippen LogP) is 6.10. The number of carbonyl (C=O) groups excluding carboxylic acids is 1. The summed E-state index contributed by atoms with van der Waals surface area (Å²) >= 11 is 0. The molecule has 28 heavy (non-hydrogen) atoms. The van der Waals surface area contributed by atoms with E-state index in [9.17, 15) is 9.90 Å². The molecule has 0 saturated heterocycles. The van der Waals surface area contributed by atoms with E-state index in [1.165, 1.54) is 23.3 Å². The van der Waals surface area contributed by atoms with Gasteiger partial charge in [-0.05, 0) is 67.7 Å². The summed E-state index contributed by atoms with van der Waals surface area (Å²) in [5.74, 6) is 0.830. The fourth-order valence-electron chi connectivity index (χ4n) is 3.12. The first-order chi connectivity index (χ1) is 13.1. The summed E-state index contributed by atoms with van der Waals surface area (Å²) in [5, 5.41) is 9.38. The molecule has 3 nitrogen and oxygen atoms in total. The minimum Gasteiger partial charge on any atom is -0.508 e. The lowest BCUT2D eigenvalue weighted by Gasteiger charge is -2.25. The molecule has 0 spiro atoms. The van der Waals surface area contributed by atoms with Crippen LogP contribution >= 0.6 is 0 Å². The minimum absolute atomic E-state index is 0.0117. The zero-order valence-electron chi connectivity index (χ0n) is 17.7. The van der Waals surface area contributed by atoms with Gasteiger partial charge in [-0.15, -0.1) is 0 Å². The Morgan fingerprint density at radius 2 is 1.71 bits per heavy atom. The molecule has 2 aromatic carbocycles. The zero-order valence-corrected chi connectivity index (χ0v) is 17.7. The van der Waals surface area contributed by atoms with Crippen LogP contribution in [0, 0.1) is 0 Å². The van der Waals surface area contributed by atoms with E-state index < -0.39 is 0 Å². The molecule has 2 aromatic rings. The van der Waals surface area contributed by atoms with Gasteiger partial charge in [0.15, 0.2) is 5.78 Å². The van der Waals surface area contributed by atoms with Crippen molar-refractivity contribution in [2.75, 3.05) is 7.11 Å². The summed E-state index contributed by atoms with van der Waals surface area (Å²) < 4.78 is 5.77. The Kier molecular flexibility index (Phi) is 6.85. The Morgan fingerprint density at radius 3 is 2.25 bits per heavy atom. The van der Waals surface area contributed by atoms with Crippen molar-refractivity contribution < 1.29 is 14.6 Å². The summed E-state index contributed by atoms with van der Waals surface area (Å²) in [7, 11) is 1.67. The van der Waals surface area contributed by atoms with Gasteiger partial charge in [0, 0.05) is 16.7 Å². The number of hydrogen-bond donors (Lipinski definition) is 1. The number of hydrogen-bond acceptors (Lipinski definition) is 3. The summed E-state index contributed by atoms with van der Waals surface area (Å²) in [6.07, 6.45) is 6.33. The molecule has 0 fully saturated rings. The van der Waals surface area contributed by atoms with Gasteiger partial charge in [0.05, 0.1) is 7.11 Å². The van der Waals surface area contributed by atoms with Crippen LogP contribution in [0.1, 0.15) is 61.7 Å². The second-order valence-electron chi connectivity index (χ2n) is 8.19. The van der Waals surface area contributed by atoms with Gasteiger partial charge >= 0.3 is 0 Å². The Hall–Kier alpha value is -2.81. The van der Waals surface area contributed by atoms with Gasteiger partial charge in [-0.25, -0.2) is 0 Å². The first-order valence-corrected chi connectivity index (χ1v) is 9.48. The van der Waals surface area contributed by atoms with Gasteiger partial charge in [-0.1, -0.05) is 44.6 Å². The first-order valence-electron chi connectivity index (χ1n) is 9.48. The maximum Gasteiger partial charge on any atom is 0.185 e. The van der Waals surface area contributed by atoms with Crippen LogP contribution in [0.4, 0.5) is 0 Å². The number of ether oxygens (including phenoxy) is 1. The minimum atomic E-state index is -0.118. The third-order valence-electron chi connectivity index (χ3n) is 4.58. The Bertz CT molecular complexity index is 891. The van der Waals surface area contributed by atoms with Crippen molar-refractivity contribution >= 4 is 11.9 Å². The van der Waals surface area contributed by atoms with Crippen LogP contribution in [0.5, 0.6) is 11.5 Å². The van der Waals surface area contributed by atoms with E-state index in [0.717, 1.165) is 23.3 Å². The van der Waals surface area contributed by atoms with Crippen molar-refractivity contribution in [3.8, 4) is 11.5 Å². The molecule has 0 amide bonds. The topological polar surface area (TPSA) is 46.5 Å². The highest BCUT2D eigenvalue weighted by Gasteiger charge is 2.21. The number of phenols is 1. The van der Waals surface area contributed by atoms with E-state index in [2.05, 4.69) is 46.8 Å². The number of phenolic OH excluding ortho intramolecular Hbond substituents is 1. The van der Waals surface area contributed by atoms with Crippen LogP contribution in [-0.2, 0) is 11.8 Å². The quantitative estimate of drug-likeness (QED) is 0.375. The lowest BCUT2D eigenvalue weighted by molar-refractivity contribution is 0.104. The molecule has 0 atom stereocenters. The molecule has 0 bridgehead atoms. The van der Waals surface area contributed by atoms with E-state index >= 15 is 0 Å². The zero-order chi connectivity index (χ0) is 20.9. The van der Waals surface area contributed by atoms with Crippen molar-refractivity contribution in [3.63, 3.8) is 0 Å². The Morgan fingerprint density at radius 1 is 1.07 bits per heavy atom. The van der Waals surface area contributed by atoms with E-state index in [1.807, 2.05) is 6.07 Å². The Labute approximate surface area is 168 Å². The van der Waals surface area contributed by atoms with Gasteiger partial charge in [0.25, 0.3) is 0 Å². The number of aromatic hydroxyl groups is 1. The highest BCUT2D eigenvalue weighted by atomic mass is 16.5. The van der Waals surface area contributed by atoms with Gasteiger partial charge in [-0.3, -0.25) is 4.79 Å². The van der Waals surface area contributed by atoms with Crippen molar-refractivity contribution in [1.29, 1.82) is 0 Å². The molecule has 0 aliphatic rings. The highest BCUT2D eigenvalue weighted by molar-refractivity contribution is 6.07. The maximum atomic E-state index is 12.4. The normalized spacial score (nSPS) is 11.5. The standard InChI is InChI=1S/C25H30O3/c1-17(2)7-14-21-22(25(3,4)5)15-10-19(24(21)28-6)11-16-23(27)18-8-12-20(26)13-9-18/h7-13,15-16,26H,14H2,1-6H3/b16-11+. The Balaban J connectivity index is 2.46. The third-order valence-corrected chi connectivity index (χ3v) is 4.58. The van der Waals surface area contributed by atoms with Gasteiger partial charge < -0.3 is 9.84 Å².